The number of hydrogen-bond donors (Lipinski definition) is 2. The van der Waals surface area contributed by atoms with Gasteiger partial charge in [0.25, 0.3) is 0 Å². The van der Waals surface area contributed by atoms with Gasteiger partial charge in [-0.3, -0.25) is 0 Å². The van der Waals surface area contributed by atoms with E-state index < -0.39 is 0 Å². The van der Waals surface area contributed by atoms with Gasteiger partial charge in [0.15, 0.2) is 0 Å². The third-order valence-corrected chi connectivity index (χ3v) is 3.54. The lowest BCUT2D eigenvalue weighted by Crippen LogP contribution is -2.10. The van der Waals surface area contributed by atoms with Crippen molar-refractivity contribution in [2.24, 2.45) is 5.73 Å². The van der Waals surface area contributed by atoms with Crippen molar-refractivity contribution in [3.63, 3.8) is 0 Å². The summed E-state index contributed by atoms with van der Waals surface area (Å²) < 4.78 is 5.18. The van der Waals surface area contributed by atoms with Gasteiger partial charge in [-0.1, -0.05) is 30.4 Å². The van der Waals surface area contributed by atoms with Crippen LogP contribution in [0.5, 0.6) is 5.75 Å². The Balaban J connectivity index is 2.23. The van der Waals surface area contributed by atoms with Crippen LogP contribution in [0.4, 0.5) is 0 Å². The SMILES string of the molecule is COc1ccc(-c2[nH]c3ccccc3c2C(N)=S)cc1. The first kappa shape index (κ1) is 12.7. The van der Waals surface area contributed by atoms with Crippen LogP contribution >= 0.6 is 12.2 Å². The first-order valence-corrected chi connectivity index (χ1v) is 6.66. The highest BCUT2D eigenvalue weighted by Crippen LogP contribution is 2.31. The number of para-hydroxylation sites is 1. The molecule has 0 fully saturated rings. The van der Waals surface area contributed by atoms with Gasteiger partial charge in [-0.25, -0.2) is 0 Å². The molecule has 0 radical (unpaired) electrons. The van der Waals surface area contributed by atoms with Crippen molar-refractivity contribution in [2.45, 2.75) is 0 Å². The molecular weight excluding hydrogens is 268 g/mol. The molecule has 0 spiro atoms. The molecule has 1 aromatic heterocycles. The molecule has 3 N–H and O–H groups in total. The molecule has 0 saturated carbocycles. The summed E-state index contributed by atoms with van der Waals surface area (Å²) in [5.41, 5.74) is 9.80. The largest absolute Gasteiger partial charge is 0.497 e. The lowest BCUT2D eigenvalue weighted by molar-refractivity contribution is 0.415. The second kappa shape index (κ2) is 4.98. The minimum Gasteiger partial charge on any atom is -0.497 e. The molecule has 0 unspecified atom stereocenters. The van der Waals surface area contributed by atoms with E-state index in [2.05, 4.69) is 4.98 Å². The summed E-state index contributed by atoms with van der Waals surface area (Å²) >= 11 is 5.21. The lowest BCUT2D eigenvalue weighted by atomic mass is 10.1. The second-order valence-corrected chi connectivity index (χ2v) is 4.95. The van der Waals surface area contributed by atoms with E-state index in [9.17, 15) is 0 Å². The highest BCUT2D eigenvalue weighted by molar-refractivity contribution is 7.80. The third-order valence-electron chi connectivity index (χ3n) is 3.33. The topological polar surface area (TPSA) is 51.0 Å². The van der Waals surface area contributed by atoms with E-state index in [4.69, 9.17) is 22.7 Å². The number of H-pyrrole nitrogens is 1. The van der Waals surface area contributed by atoms with Gasteiger partial charge < -0.3 is 15.5 Å². The first-order valence-electron chi connectivity index (χ1n) is 6.25. The van der Waals surface area contributed by atoms with E-state index in [1.54, 1.807) is 7.11 Å². The van der Waals surface area contributed by atoms with Crippen molar-refractivity contribution in [3.8, 4) is 17.0 Å². The number of thiocarbonyl (C=S) groups is 1. The molecule has 3 nitrogen and oxygen atoms in total. The van der Waals surface area contributed by atoms with Crippen LogP contribution < -0.4 is 10.5 Å². The second-order valence-electron chi connectivity index (χ2n) is 4.51. The molecule has 2 aromatic carbocycles. The fourth-order valence-corrected chi connectivity index (χ4v) is 2.58. The maximum absolute atomic E-state index is 5.91. The molecule has 3 aromatic rings. The summed E-state index contributed by atoms with van der Waals surface area (Å²) in [6.07, 6.45) is 0. The van der Waals surface area contributed by atoms with Gasteiger partial charge in [0.2, 0.25) is 0 Å². The number of benzene rings is 2. The van der Waals surface area contributed by atoms with E-state index in [1.165, 1.54) is 0 Å². The number of nitrogens with two attached hydrogens (primary N) is 1. The van der Waals surface area contributed by atoms with Crippen molar-refractivity contribution in [1.82, 2.24) is 4.98 Å². The summed E-state index contributed by atoms with van der Waals surface area (Å²) in [5, 5.41) is 1.05. The normalized spacial score (nSPS) is 10.7. The molecule has 4 heteroatoms. The van der Waals surface area contributed by atoms with Crippen molar-refractivity contribution in [3.05, 3.63) is 54.1 Å². The summed E-state index contributed by atoms with van der Waals surface area (Å²) in [5.74, 6) is 0.821. The minimum atomic E-state index is 0.397. The molecule has 0 aliphatic rings. The highest BCUT2D eigenvalue weighted by atomic mass is 32.1. The molecule has 100 valence electrons. The zero-order chi connectivity index (χ0) is 14.1. The van der Waals surface area contributed by atoms with Crippen molar-refractivity contribution in [2.75, 3.05) is 7.11 Å². The molecule has 0 bridgehead atoms. The molecule has 20 heavy (non-hydrogen) atoms. The van der Waals surface area contributed by atoms with Crippen LogP contribution in [-0.4, -0.2) is 17.1 Å². The molecule has 0 saturated heterocycles. The third kappa shape index (κ3) is 2.04. The molecular formula is C16H14N2OS. The summed E-state index contributed by atoms with van der Waals surface area (Å²) in [7, 11) is 1.65. The number of aromatic nitrogens is 1. The Labute approximate surface area is 122 Å². The quantitative estimate of drug-likeness (QED) is 0.723. The van der Waals surface area contributed by atoms with Crippen molar-refractivity contribution >= 4 is 28.1 Å². The van der Waals surface area contributed by atoms with Crippen LogP contribution in [0.2, 0.25) is 0 Å². The Hall–Kier alpha value is -2.33. The van der Waals surface area contributed by atoms with Gasteiger partial charge in [0, 0.05) is 16.5 Å². The smallest absolute Gasteiger partial charge is 0.118 e. The number of ether oxygens (including phenoxy) is 1. The highest BCUT2D eigenvalue weighted by Gasteiger charge is 2.14. The van der Waals surface area contributed by atoms with E-state index in [-0.39, 0.29) is 0 Å². The number of fused-ring (bicyclic) bond motifs is 1. The van der Waals surface area contributed by atoms with Crippen LogP contribution in [-0.2, 0) is 0 Å². The van der Waals surface area contributed by atoms with Crippen LogP contribution in [0.1, 0.15) is 5.56 Å². The van der Waals surface area contributed by atoms with Crippen LogP contribution in [0.3, 0.4) is 0 Å². The maximum Gasteiger partial charge on any atom is 0.118 e. The fourth-order valence-electron chi connectivity index (χ4n) is 2.37. The monoisotopic (exact) mass is 282 g/mol. The Morgan fingerprint density at radius 1 is 1.10 bits per heavy atom. The molecule has 0 atom stereocenters. The van der Waals surface area contributed by atoms with E-state index >= 15 is 0 Å². The predicted octanol–water partition coefficient (Wildman–Crippen LogP) is 3.48. The average Bonchev–Trinajstić information content (AvgIpc) is 2.86. The Bertz CT molecular complexity index is 775. The van der Waals surface area contributed by atoms with Crippen LogP contribution in [0.25, 0.3) is 22.2 Å². The molecule has 3 rings (SSSR count). The fraction of sp³-hybridized carbons (Fsp3) is 0.0625. The van der Waals surface area contributed by atoms with E-state index in [0.29, 0.717) is 4.99 Å². The molecule has 0 aliphatic heterocycles. The Kier molecular flexibility index (Phi) is 3.16. The molecule has 1 heterocycles. The zero-order valence-corrected chi connectivity index (χ0v) is 11.8. The lowest BCUT2D eigenvalue weighted by Gasteiger charge is -2.05. The first-order chi connectivity index (χ1) is 9.70. The van der Waals surface area contributed by atoms with Gasteiger partial charge >= 0.3 is 0 Å². The average molecular weight is 282 g/mol. The van der Waals surface area contributed by atoms with E-state index in [0.717, 1.165) is 33.5 Å². The molecule has 0 amide bonds. The number of methoxy groups -OCH3 is 1. The van der Waals surface area contributed by atoms with Crippen LogP contribution in [0.15, 0.2) is 48.5 Å². The molecule has 0 aliphatic carbocycles. The van der Waals surface area contributed by atoms with E-state index in [1.807, 2.05) is 48.5 Å². The summed E-state index contributed by atoms with van der Waals surface area (Å²) in [4.78, 5) is 3.79. The minimum absolute atomic E-state index is 0.397. The number of nitrogens with one attached hydrogen (secondary N) is 1. The van der Waals surface area contributed by atoms with Crippen LogP contribution in [0, 0.1) is 0 Å². The zero-order valence-electron chi connectivity index (χ0n) is 11.0. The number of aromatic amines is 1. The van der Waals surface area contributed by atoms with Gasteiger partial charge in [-0.2, -0.15) is 0 Å². The van der Waals surface area contributed by atoms with Crippen molar-refractivity contribution in [1.29, 1.82) is 0 Å². The Morgan fingerprint density at radius 2 is 1.80 bits per heavy atom. The number of rotatable bonds is 3. The predicted molar refractivity (Wildman–Crippen MR) is 86.2 cm³/mol. The standard InChI is InChI=1S/C16H14N2OS/c1-19-11-8-6-10(7-9-11)15-14(16(17)20)12-4-2-3-5-13(12)18-15/h2-9,18H,1H3,(H2,17,20). The van der Waals surface area contributed by atoms with Gasteiger partial charge in [0.1, 0.15) is 10.7 Å². The Morgan fingerprint density at radius 3 is 2.45 bits per heavy atom. The summed E-state index contributed by atoms with van der Waals surface area (Å²) in [6.45, 7) is 0. The van der Waals surface area contributed by atoms with Gasteiger partial charge in [-0.15, -0.1) is 0 Å². The maximum atomic E-state index is 5.91. The van der Waals surface area contributed by atoms with Gasteiger partial charge in [0.05, 0.1) is 12.8 Å². The summed E-state index contributed by atoms with van der Waals surface area (Å²) in [6, 6.07) is 15.8. The van der Waals surface area contributed by atoms with Crippen molar-refractivity contribution < 1.29 is 4.74 Å². The number of hydrogen-bond acceptors (Lipinski definition) is 2. The van der Waals surface area contributed by atoms with Gasteiger partial charge in [-0.05, 0) is 35.9 Å².